The van der Waals surface area contributed by atoms with Crippen molar-refractivity contribution in [2.45, 2.75) is 66.2 Å². The first-order valence-corrected chi connectivity index (χ1v) is 6.84. The van der Waals surface area contributed by atoms with Gasteiger partial charge in [-0.3, -0.25) is 4.68 Å². The number of hydrogen-bond donors (Lipinski definition) is 1. The number of ether oxygens (including phenoxy) is 1. The molecular weight excluding hydrogens is 226 g/mol. The second-order valence-corrected chi connectivity index (χ2v) is 5.47. The van der Waals surface area contributed by atoms with E-state index in [9.17, 15) is 0 Å². The molecule has 1 aromatic heterocycles. The van der Waals surface area contributed by atoms with Crippen LogP contribution in [0.4, 0.5) is 0 Å². The van der Waals surface area contributed by atoms with Gasteiger partial charge in [-0.2, -0.15) is 5.10 Å². The van der Waals surface area contributed by atoms with Crippen LogP contribution in [-0.4, -0.2) is 22.0 Å². The highest BCUT2D eigenvalue weighted by Crippen LogP contribution is 2.16. The van der Waals surface area contributed by atoms with Crippen LogP contribution in [0.3, 0.4) is 0 Å². The molecule has 0 aliphatic rings. The first-order chi connectivity index (χ1) is 8.42. The lowest BCUT2D eigenvalue weighted by Gasteiger charge is -2.19. The van der Waals surface area contributed by atoms with Crippen molar-refractivity contribution in [3.8, 4) is 0 Å². The van der Waals surface area contributed by atoms with E-state index < -0.39 is 0 Å². The summed E-state index contributed by atoms with van der Waals surface area (Å²) in [6.07, 6.45) is 1.90. The number of rotatable bonds is 6. The van der Waals surface area contributed by atoms with Crippen molar-refractivity contribution < 1.29 is 4.74 Å². The van der Waals surface area contributed by atoms with Crippen molar-refractivity contribution in [1.82, 2.24) is 9.78 Å². The molecule has 0 unspecified atom stereocenters. The molecule has 0 aliphatic carbocycles. The SMILES string of the molecule is CCc1nn(CCOC(C)(C)C)c(CC)c1CN. The van der Waals surface area contributed by atoms with Crippen LogP contribution in [0, 0.1) is 0 Å². The molecule has 0 aliphatic heterocycles. The van der Waals surface area contributed by atoms with Crippen LogP contribution >= 0.6 is 0 Å². The van der Waals surface area contributed by atoms with E-state index >= 15 is 0 Å². The van der Waals surface area contributed by atoms with E-state index in [1.54, 1.807) is 0 Å². The van der Waals surface area contributed by atoms with Crippen molar-refractivity contribution >= 4 is 0 Å². The third-order valence-electron chi connectivity index (χ3n) is 2.96. The van der Waals surface area contributed by atoms with Gasteiger partial charge < -0.3 is 10.5 Å². The summed E-state index contributed by atoms with van der Waals surface area (Å²) in [7, 11) is 0. The molecule has 0 saturated heterocycles. The van der Waals surface area contributed by atoms with Gasteiger partial charge >= 0.3 is 0 Å². The first-order valence-electron chi connectivity index (χ1n) is 6.84. The van der Waals surface area contributed by atoms with Gasteiger partial charge in [-0.05, 0) is 33.6 Å². The largest absolute Gasteiger partial charge is 0.374 e. The van der Waals surface area contributed by atoms with Gasteiger partial charge in [0.15, 0.2) is 0 Å². The van der Waals surface area contributed by atoms with E-state index in [0.717, 1.165) is 25.1 Å². The van der Waals surface area contributed by atoms with Crippen molar-refractivity contribution in [3.05, 3.63) is 17.0 Å². The Morgan fingerprint density at radius 1 is 1.22 bits per heavy atom. The molecule has 4 nitrogen and oxygen atoms in total. The van der Waals surface area contributed by atoms with Crippen LogP contribution in [0.2, 0.25) is 0 Å². The summed E-state index contributed by atoms with van der Waals surface area (Å²) in [6.45, 7) is 12.5. The maximum absolute atomic E-state index is 5.83. The van der Waals surface area contributed by atoms with Crippen LogP contribution in [0.15, 0.2) is 0 Å². The number of nitrogens with zero attached hydrogens (tertiary/aromatic N) is 2. The van der Waals surface area contributed by atoms with E-state index in [4.69, 9.17) is 10.5 Å². The van der Waals surface area contributed by atoms with Gasteiger partial charge in [-0.1, -0.05) is 13.8 Å². The molecule has 2 N–H and O–H groups in total. The van der Waals surface area contributed by atoms with E-state index in [1.165, 1.54) is 11.3 Å². The van der Waals surface area contributed by atoms with Crippen molar-refractivity contribution in [1.29, 1.82) is 0 Å². The number of aromatic nitrogens is 2. The summed E-state index contributed by atoms with van der Waals surface area (Å²) in [4.78, 5) is 0. The molecule has 1 heterocycles. The minimum Gasteiger partial charge on any atom is -0.374 e. The van der Waals surface area contributed by atoms with E-state index in [2.05, 4.69) is 44.4 Å². The third kappa shape index (κ3) is 3.82. The Labute approximate surface area is 111 Å². The van der Waals surface area contributed by atoms with Gasteiger partial charge in [0.2, 0.25) is 0 Å². The average molecular weight is 253 g/mol. The highest BCUT2D eigenvalue weighted by Gasteiger charge is 2.15. The summed E-state index contributed by atoms with van der Waals surface area (Å²) in [6, 6.07) is 0. The molecule has 0 radical (unpaired) electrons. The van der Waals surface area contributed by atoms with Gasteiger partial charge in [-0.15, -0.1) is 0 Å². The number of hydrogen-bond acceptors (Lipinski definition) is 3. The van der Waals surface area contributed by atoms with Crippen LogP contribution in [-0.2, 0) is 30.7 Å². The summed E-state index contributed by atoms with van der Waals surface area (Å²) in [5.74, 6) is 0. The quantitative estimate of drug-likeness (QED) is 0.846. The first kappa shape index (κ1) is 15.2. The Hall–Kier alpha value is -0.870. The maximum atomic E-state index is 5.83. The fourth-order valence-electron chi connectivity index (χ4n) is 2.13. The van der Waals surface area contributed by atoms with Crippen molar-refractivity contribution in [3.63, 3.8) is 0 Å². The Balaban J connectivity index is 2.79. The fourth-order valence-corrected chi connectivity index (χ4v) is 2.13. The van der Waals surface area contributed by atoms with E-state index in [-0.39, 0.29) is 5.60 Å². The lowest BCUT2D eigenvalue weighted by Crippen LogP contribution is -2.22. The minimum atomic E-state index is -0.0934. The maximum Gasteiger partial charge on any atom is 0.0669 e. The van der Waals surface area contributed by atoms with Crippen LogP contribution in [0.25, 0.3) is 0 Å². The third-order valence-corrected chi connectivity index (χ3v) is 2.96. The Morgan fingerprint density at radius 2 is 1.89 bits per heavy atom. The zero-order valence-corrected chi connectivity index (χ0v) is 12.4. The highest BCUT2D eigenvalue weighted by molar-refractivity contribution is 5.26. The predicted octanol–water partition coefficient (Wildman–Crippen LogP) is 2.28. The number of nitrogens with two attached hydrogens (primary N) is 1. The molecule has 0 spiro atoms. The van der Waals surface area contributed by atoms with Crippen LogP contribution in [0.5, 0.6) is 0 Å². The van der Waals surface area contributed by atoms with Crippen molar-refractivity contribution in [2.24, 2.45) is 5.73 Å². The minimum absolute atomic E-state index is 0.0934. The van der Waals surface area contributed by atoms with Gasteiger partial charge in [0.1, 0.15) is 0 Å². The van der Waals surface area contributed by atoms with E-state index in [0.29, 0.717) is 13.2 Å². The lowest BCUT2D eigenvalue weighted by molar-refractivity contribution is -0.00817. The van der Waals surface area contributed by atoms with Crippen LogP contribution < -0.4 is 5.73 Å². The molecule has 104 valence electrons. The van der Waals surface area contributed by atoms with Gasteiger partial charge in [-0.25, -0.2) is 0 Å². The monoisotopic (exact) mass is 253 g/mol. The smallest absolute Gasteiger partial charge is 0.0669 e. The molecule has 0 bridgehead atoms. The Kier molecular flexibility index (Phi) is 5.35. The second kappa shape index (κ2) is 6.34. The molecule has 18 heavy (non-hydrogen) atoms. The molecule has 0 amide bonds. The summed E-state index contributed by atoms with van der Waals surface area (Å²) < 4.78 is 7.82. The molecule has 0 fully saturated rings. The number of aryl methyl sites for hydroxylation is 1. The molecule has 1 aromatic rings. The molecule has 0 atom stereocenters. The van der Waals surface area contributed by atoms with Crippen LogP contribution in [0.1, 0.15) is 51.6 Å². The van der Waals surface area contributed by atoms with Crippen molar-refractivity contribution in [2.75, 3.05) is 6.61 Å². The normalized spacial score (nSPS) is 12.1. The standard InChI is InChI=1S/C14H27N3O/c1-6-12-11(10-15)13(7-2)17(16-12)8-9-18-14(3,4)5/h6-10,15H2,1-5H3. The summed E-state index contributed by atoms with van der Waals surface area (Å²) in [5, 5.41) is 4.65. The topological polar surface area (TPSA) is 53.1 Å². The fraction of sp³-hybridized carbons (Fsp3) is 0.786. The second-order valence-electron chi connectivity index (χ2n) is 5.47. The van der Waals surface area contributed by atoms with E-state index in [1.807, 2.05) is 0 Å². The molecule has 0 saturated carbocycles. The Bertz CT molecular complexity index is 377. The Morgan fingerprint density at radius 3 is 2.33 bits per heavy atom. The summed E-state index contributed by atoms with van der Waals surface area (Å²) >= 11 is 0. The molecule has 1 rings (SSSR count). The average Bonchev–Trinajstić information content (AvgIpc) is 2.64. The predicted molar refractivity (Wildman–Crippen MR) is 74.6 cm³/mol. The summed E-state index contributed by atoms with van der Waals surface area (Å²) in [5.41, 5.74) is 9.34. The van der Waals surface area contributed by atoms with Gasteiger partial charge in [0.25, 0.3) is 0 Å². The highest BCUT2D eigenvalue weighted by atomic mass is 16.5. The van der Waals surface area contributed by atoms with Gasteiger partial charge in [0, 0.05) is 17.8 Å². The zero-order chi connectivity index (χ0) is 13.8. The molecular formula is C14H27N3O. The zero-order valence-electron chi connectivity index (χ0n) is 12.4. The molecule has 4 heteroatoms. The van der Waals surface area contributed by atoms with Gasteiger partial charge in [0.05, 0.1) is 24.4 Å². The molecule has 0 aromatic carbocycles. The lowest BCUT2D eigenvalue weighted by atomic mass is 10.1.